The molecule has 0 amide bonds. The normalized spacial score (nSPS) is 11.8. The third-order valence-electron chi connectivity index (χ3n) is 8.99. The van der Waals surface area contributed by atoms with E-state index in [2.05, 4.69) is 158 Å². The van der Waals surface area contributed by atoms with E-state index in [9.17, 15) is 0 Å². The molecule has 0 heteroatoms. The van der Waals surface area contributed by atoms with Crippen molar-refractivity contribution < 1.29 is 0 Å². The molecule has 194 valence electrons. The Morgan fingerprint density at radius 1 is 0.262 bits per heavy atom. The highest BCUT2D eigenvalue weighted by Crippen LogP contribution is 2.48. The van der Waals surface area contributed by atoms with E-state index in [-0.39, 0.29) is 0 Å². The molecule has 9 aromatic carbocycles. The van der Waals surface area contributed by atoms with Crippen LogP contribution in [0.1, 0.15) is 0 Å². The van der Waals surface area contributed by atoms with Gasteiger partial charge in [-0.2, -0.15) is 0 Å². The van der Waals surface area contributed by atoms with Crippen molar-refractivity contribution in [2.24, 2.45) is 0 Å². The molecule has 0 fully saturated rings. The highest BCUT2D eigenvalue weighted by Gasteiger charge is 2.20. The molecule has 0 aliphatic carbocycles. The van der Waals surface area contributed by atoms with Crippen molar-refractivity contribution in [3.05, 3.63) is 158 Å². The monoisotopic (exact) mass is 530 g/mol. The van der Waals surface area contributed by atoms with Gasteiger partial charge in [0, 0.05) is 0 Å². The van der Waals surface area contributed by atoms with E-state index in [0.29, 0.717) is 0 Å². The SMILES string of the molecule is c1ccc2cc(-c3c4ccccc4c(-c4cc5ccccc5c5ccccc45)c4ccc5ccccc5c34)ccc2c1. The van der Waals surface area contributed by atoms with Crippen LogP contribution in [0.4, 0.5) is 0 Å². The van der Waals surface area contributed by atoms with Crippen LogP contribution in [0.3, 0.4) is 0 Å². The van der Waals surface area contributed by atoms with Gasteiger partial charge in [-0.1, -0.05) is 146 Å². The lowest BCUT2D eigenvalue weighted by atomic mass is 9.82. The van der Waals surface area contributed by atoms with Gasteiger partial charge in [-0.15, -0.1) is 0 Å². The second-order valence-corrected chi connectivity index (χ2v) is 11.3. The minimum Gasteiger partial charge on any atom is -0.0616 e. The van der Waals surface area contributed by atoms with Gasteiger partial charge >= 0.3 is 0 Å². The molecule has 0 heterocycles. The van der Waals surface area contributed by atoms with Crippen LogP contribution >= 0.6 is 0 Å². The van der Waals surface area contributed by atoms with Crippen LogP contribution in [0.2, 0.25) is 0 Å². The summed E-state index contributed by atoms with van der Waals surface area (Å²) in [6.07, 6.45) is 0. The molecule has 0 saturated carbocycles. The van der Waals surface area contributed by atoms with Crippen molar-refractivity contribution in [2.45, 2.75) is 0 Å². The average Bonchev–Trinajstić information content (AvgIpc) is 3.06. The van der Waals surface area contributed by atoms with Crippen LogP contribution in [0.15, 0.2) is 158 Å². The first-order valence-corrected chi connectivity index (χ1v) is 14.6. The fourth-order valence-electron chi connectivity index (χ4n) is 7.14. The maximum atomic E-state index is 2.41. The molecule has 0 spiro atoms. The van der Waals surface area contributed by atoms with E-state index in [1.807, 2.05) is 0 Å². The lowest BCUT2D eigenvalue weighted by molar-refractivity contribution is 1.70. The Kier molecular flexibility index (Phi) is 5.00. The van der Waals surface area contributed by atoms with Gasteiger partial charge < -0.3 is 0 Å². The van der Waals surface area contributed by atoms with Gasteiger partial charge in [-0.25, -0.2) is 0 Å². The zero-order valence-electron chi connectivity index (χ0n) is 23.0. The van der Waals surface area contributed by atoms with Crippen molar-refractivity contribution in [2.75, 3.05) is 0 Å². The predicted molar refractivity (Wildman–Crippen MR) is 182 cm³/mol. The van der Waals surface area contributed by atoms with Gasteiger partial charge in [-0.3, -0.25) is 0 Å². The minimum atomic E-state index is 1.25. The predicted octanol–water partition coefficient (Wildman–Crippen LogP) is 11.9. The topological polar surface area (TPSA) is 0 Å². The Morgan fingerprint density at radius 2 is 0.810 bits per heavy atom. The molecule has 0 unspecified atom stereocenters. The van der Waals surface area contributed by atoms with Crippen LogP contribution in [-0.2, 0) is 0 Å². The molecular weight excluding hydrogens is 504 g/mol. The first-order valence-electron chi connectivity index (χ1n) is 14.6. The molecular formula is C42H26. The van der Waals surface area contributed by atoms with Crippen molar-refractivity contribution in [1.29, 1.82) is 0 Å². The Balaban J connectivity index is 1.53. The number of fused-ring (bicyclic) bond motifs is 8. The van der Waals surface area contributed by atoms with Crippen LogP contribution in [0, 0.1) is 0 Å². The summed E-state index contributed by atoms with van der Waals surface area (Å²) in [6.45, 7) is 0. The second kappa shape index (κ2) is 9.03. The van der Waals surface area contributed by atoms with Gasteiger partial charge in [-0.05, 0) is 99.0 Å². The molecule has 9 aromatic rings. The molecule has 0 radical (unpaired) electrons. The second-order valence-electron chi connectivity index (χ2n) is 11.3. The summed E-state index contributed by atoms with van der Waals surface area (Å²) in [5, 5.41) is 15.4. The van der Waals surface area contributed by atoms with E-state index >= 15 is 0 Å². The molecule has 42 heavy (non-hydrogen) atoms. The van der Waals surface area contributed by atoms with Crippen LogP contribution < -0.4 is 0 Å². The molecule has 0 saturated heterocycles. The van der Waals surface area contributed by atoms with Gasteiger partial charge in [0.05, 0.1) is 0 Å². The molecule has 0 aromatic heterocycles. The summed E-state index contributed by atoms with van der Waals surface area (Å²) in [5.41, 5.74) is 5.14. The minimum absolute atomic E-state index is 1.25. The molecule has 0 aliphatic heterocycles. The number of hydrogen-bond acceptors (Lipinski definition) is 0. The third-order valence-corrected chi connectivity index (χ3v) is 8.99. The smallest absolute Gasteiger partial charge is 0.00141 e. The summed E-state index contributed by atoms with van der Waals surface area (Å²) in [5.74, 6) is 0. The molecule has 9 rings (SSSR count). The van der Waals surface area contributed by atoms with Crippen molar-refractivity contribution in [3.8, 4) is 22.3 Å². The summed E-state index contributed by atoms with van der Waals surface area (Å²) in [6, 6.07) is 58.1. The summed E-state index contributed by atoms with van der Waals surface area (Å²) >= 11 is 0. The largest absolute Gasteiger partial charge is 0.0616 e. The average molecular weight is 531 g/mol. The zero-order chi connectivity index (χ0) is 27.6. The number of benzene rings is 9. The standard InChI is InChI=1S/C42H26/c1-2-13-29-25-31(22-21-27(29)11-1)40-36-19-9-10-20-37(36)41(38-24-23-28-12-3-6-16-33(28)42(38)40)39-26-30-14-4-5-15-32(30)34-17-7-8-18-35(34)39/h1-26H. The van der Waals surface area contributed by atoms with Crippen LogP contribution in [0.5, 0.6) is 0 Å². The molecule has 0 aliphatic rings. The van der Waals surface area contributed by atoms with Gasteiger partial charge in [0.1, 0.15) is 0 Å². The van der Waals surface area contributed by atoms with Gasteiger partial charge in [0.25, 0.3) is 0 Å². The fourth-order valence-corrected chi connectivity index (χ4v) is 7.14. The first-order chi connectivity index (χ1) is 20.8. The Bertz CT molecular complexity index is 2510. The third kappa shape index (κ3) is 3.36. The Hall–Kier alpha value is -5.46. The molecule has 0 N–H and O–H groups in total. The van der Waals surface area contributed by atoms with Crippen molar-refractivity contribution in [3.63, 3.8) is 0 Å². The molecule has 0 nitrogen and oxygen atoms in total. The van der Waals surface area contributed by atoms with Crippen LogP contribution in [-0.4, -0.2) is 0 Å². The van der Waals surface area contributed by atoms with E-state index in [1.165, 1.54) is 86.9 Å². The first kappa shape index (κ1) is 23.3. The fraction of sp³-hybridized carbons (Fsp3) is 0. The lowest BCUT2D eigenvalue weighted by Gasteiger charge is -2.21. The maximum Gasteiger partial charge on any atom is -0.00141 e. The van der Waals surface area contributed by atoms with E-state index in [4.69, 9.17) is 0 Å². The number of hydrogen-bond donors (Lipinski definition) is 0. The van der Waals surface area contributed by atoms with Crippen molar-refractivity contribution >= 4 is 64.6 Å². The van der Waals surface area contributed by atoms with E-state index in [0.717, 1.165) is 0 Å². The summed E-state index contributed by atoms with van der Waals surface area (Å²) in [7, 11) is 0. The zero-order valence-corrected chi connectivity index (χ0v) is 23.0. The highest BCUT2D eigenvalue weighted by atomic mass is 14.2. The van der Waals surface area contributed by atoms with Gasteiger partial charge in [0.2, 0.25) is 0 Å². The van der Waals surface area contributed by atoms with Crippen LogP contribution in [0.25, 0.3) is 86.9 Å². The van der Waals surface area contributed by atoms with E-state index < -0.39 is 0 Å². The molecule has 0 bridgehead atoms. The highest BCUT2D eigenvalue weighted by molar-refractivity contribution is 6.30. The summed E-state index contributed by atoms with van der Waals surface area (Å²) < 4.78 is 0. The lowest BCUT2D eigenvalue weighted by Crippen LogP contribution is -1.93. The Labute approximate surface area is 244 Å². The Morgan fingerprint density at radius 3 is 1.60 bits per heavy atom. The summed E-state index contributed by atoms with van der Waals surface area (Å²) in [4.78, 5) is 0. The van der Waals surface area contributed by atoms with E-state index in [1.54, 1.807) is 0 Å². The maximum absolute atomic E-state index is 2.41. The number of rotatable bonds is 2. The quantitative estimate of drug-likeness (QED) is 0.154. The van der Waals surface area contributed by atoms with Gasteiger partial charge in [0.15, 0.2) is 0 Å². The molecule has 0 atom stereocenters. The van der Waals surface area contributed by atoms with Crippen molar-refractivity contribution in [1.82, 2.24) is 0 Å².